The number of hydrogen-bond donors (Lipinski definition) is 2. The van der Waals surface area contributed by atoms with Gasteiger partial charge in [0.2, 0.25) is 5.91 Å². The van der Waals surface area contributed by atoms with E-state index in [1.54, 1.807) is 0 Å². The maximum atomic E-state index is 12.4. The van der Waals surface area contributed by atoms with E-state index in [1.165, 1.54) is 12.0 Å². The van der Waals surface area contributed by atoms with Gasteiger partial charge in [-0.05, 0) is 50.7 Å². The predicted molar refractivity (Wildman–Crippen MR) is 76.8 cm³/mol. The highest BCUT2D eigenvalue weighted by atomic mass is 16.2. The van der Waals surface area contributed by atoms with Crippen LogP contribution >= 0.6 is 0 Å². The number of likely N-dealkylation sites (tertiary alicyclic amines) is 1. The molecule has 4 heteroatoms. The highest BCUT2D eigenvalue weighted by Gasteiger charge is 2.35. The lowest BCUT2D eigenvalue weighted by Crippen LogP contribution is -2.56. The Morgan fingerprint density at radius 2 is 2.37 bits per heavy atom. The van der Waals surface area contributed by atoms with Gasteiger partial charge in [0, 0.05) is 31.9 Å². The van der Waals surface area contributed by atoms with E-state index in [1.807, 2.05) is 17.3 Å². The molecule has 2 rings (SSSR count). The second-order valence-electron chi connectivity index (χ2n) is 5.78. The molecular weight excluding hydrogens is 238 g/mol. The summed E-state index contributed by atoms with van der Waals surface area (Å²) in [6, 6.07) is 2.06. The zero-order valence-corrected chi connectivity index (χ0v) is 11.8. The van der Waals surface area contributed by atoms with E-state index in [2.05, 4.69) is 18.0 Å². The first kappa shape index (κ1) is 14.1. The number of aryl methyl sites for hydroxylation is 1. The van der Waals surface area contributed by atoms with Crippen LogP contribution in [0.2, 0.25) is 0 Å². The van der Waals surface area contributed by atoms with E-state index in [0.29, 0.717) is 13.0 Å². The molecule has 1 saturated heterocycles. The van der Waals surface area contributed by atoms with E-state index in [0.717, 1.165) is 32.2 Å². The monoisotopic (exact) mass is 263 g/mol. The molecule has 19 heavy (non-hydrogen) atoms. The zero-order chi connectivity index (χ0) is 13.7. The van der Waals surface area contributed by atoms with E-state index in [-0.39, 0.29) is 11.4 Å². The maximum absolute atomic E-state index is 12.4. The fraction of sp³-hybridized carbons (Fsp3) is 0.667. The number of nitrogens with zero attached hydrogens (tertiary/aromatic N) is 1. The van der Waals surface area contributed by atoms with Crippen LogP contribution in [-0.4, -0.2) is 34.4 Å². The first-order chi connectivity index (χ1) is 9.15. The minimum Gasteiger partial charge on any atom is -0.367 e. The summed E-state index contributed by atoms with van der Waals surface area (Å²) in [6.07, 6.45) is 9.74. The minimum atomic E-state index is -0.122. The van der Waals surface area contributed by atoms with E-state index in [4.69, 9.17) is 5.73 Å². The summed E-state index contributed by atoms with van der Waals surface area (Å²) in [4.78, 5) is 17.4. The Kier molecular flexibility index (Phi) is 4.64. The average molecular weight is 263 g/mol. The van der Waals surface area contributed by atoms with Crippen LogP contribution < -0.4 is 5.73 Å². The van der Waals surface area contributed by atoms with Crippen LogP contribution in [0, 0.1) is 0 Å². The van der Waals surface area contributed by atoms with Crippen molar-refractivity contribution >= 4 is 5.91 Å². The Labute approximate surface area is 115 Å². The predicted octanol–water partition coefficient (Wildman–Crippen LogP) is 2.07. The van der Waals surface area contributed by atoms with Crippen molar-refractivity contribution in [3.8, 4) is 0 Å². The summed E-state index contributed by atoms with van der Waals surface area (Å²) >= 11 is 0. The molecule has 0 aliphatic carbocycles. The molecule has 1 atom stereocenters. The summed E-state index contributed by atoms with van der Waals surface area (Å²) in [5.41, 5.74) is 7.02. The number of piperidine rings is 1. The molecule has 4 nitrogen and oxygen atoms in total. The average Bonchev–Trinajstić information content (AvgIpc) is 2.92. The van der Waals surface area contributed by atoms with Gasteiger partial charge in [0.1, 0.15) is 0 Å². The SMILES string of the molecule is CC1(CN)CCCCN1C(=O)CCCc1cc[nH]c1. The van der Waals surface area contributed by atoms with Crippen molar-refractivity contribution in [3.05, 3.63) is 24.0 Å². The van der Waals surface area contributed by atoms with E-state index < -0.39 is 0 Å². The molecule has 0 saturated carbocycles. The first-order valence-electron chi connectivity index (χ1n) is 7.28. The Morgan fingerprint density at radius 3 is 3.05 bits per heavy atom. The summed E-state index contributed by atoms with van der Waals surface area (Å²) in [7, 11) is 0. The van der Waals surface area contributed by atoms with Crippen LogP contribution in [0.25, 0.3) is 0 Å². The topological polar surface area (TPSA) is 62.1 Å². The highest BCUT2D eigenvalue weighted by Crippen LogP contribution is 2.27. The molecule has 2 heterocycles. The fourth-order valence-electron chi connectivity index (χ4n) is 2.91. The lowest BCUT2D eigenvalue weighted by atomic mass is 9.88. The highest BCUT2D eigenvalue weighted by molar-refractivity contribution is 5.77. The van der Waals surface area contributed by atoms with Gasteiger partial charge in [0.25, 0.3) is 0 Å². The molecule has 1 fully saturated rings. The Balaban J connectivity index is 1.84. The number of nitrogens with two attached hydrogens (primary N) is 1. The van der Waals surface area contributed by atoms with Crippen molar-refractivity contribution in [2.45, 2.75) is 51.0 Å². The molecule has 3 N–H and O–H groups in total. The molecule has 1 unspecified atom stereocenters. The van der Waals surface area contributed by atoms with E-state index in [9.17, 15) is 4.79 Å². The van der Waals surface area contributed by atoms with Crippen molar-refractivity contribution < 1.29 is 4.79 Å². The van der Waals surface area contributed by atoms with Crippen LogP contribution in [-0.2, 0) is 11.2 Å². The molecule has 1 amide bonds. The zero-order valence-electron chi connectivity index (χ0n) is 11.8. The first-order valence-corrected chi connectivity index (χ1v) is 7.28. The van der Waals surface area contributed by atoms with Gasteiger partial charge in [-0.15, -0.1) is 0 Å². The number of amides is 1. The van der Waals surface area contributed by atoms with Crippen molar-refractivity contribution in [3.63, 3.8) is 0 Å². The third kappa shape index (κ3) is 3.38. The number of H-pyrrole nitrogens is 1. The van der Waals surface area contributed by atoms with Crippen LogP contribution in [0.4, 0.5) is 0 Å². The third-order valence-electron chi connectivity index (χ3n) is 4.26. The van der Waals surface area contributed by atoms with E-state index >= 15 is 0 Å². The van der Waals surface area contributed by atoms with Crippen LogP contribution in [0.15, 0.2) is 18.5 Å². The van der Waals surface area contributed by atoms with Crippen molar-refractivity contribution in [2.24, 2.45) is 5.73 Å². The molecule has 1 aliphatic heterocycles. The standard InChI is InChI=1S/C15H25N3O/c1-15(12-16)8-2-3-10-18(15)14(19)6-4-5-13-7-9-17-11-13/h7,9,11,17H,2-6,8,10,12,16H2,1H3. The number of hydrogen-bond acceptors (Lipinski definition) is 2. The number of carbonyl (C=O) groups is 1. The summed E-state index contributed by atoms with van der Waals surface area (Å²) < 4.78 is 0. The Bertz CT molecular complexity index is 402. The normalized spacial score (nSPS) is 23.6. The van der Waals surface area contributed by atoms with Crippen molar-refractivity contribution in [1.29, 1.82) is 0 Å². The quantitative estimate of drug-likeness (QED) is 0.854. The number of nitrogens with one attached hydrogen (secondary N) is 1. The summed E-state index contributed by atoms with van der Waals surface area (Å²) in [5, 5.41) is 0. The van der Waals surface area contributed by atoms with Gasteiger partial charge in [-0.25, -0.2) is 0 Å². The van der Waals surface area contributed by atoms with Gasteiger partial charge in [-0.1, -0.05) is 0 Å². The molecule has 1 aliphatic rings. The summed E-state index contributed by atoms with van der Waals surface area (Å²) in [6.45, 7) is 3.56. The summed E-state index contributed by atoms with van der Waals surface area (Å²) in [5.74, 6) is 0.267. The second-order valence-corrected chi connectivity index (χ2v) is 5.78. The van der Waals surface area contributed by atoms with Gasteiger partial charge in [-0.3, -0.25) is 4.79 Å². The molecule has 1 aromatic rings. The van der Waals surface area contributed by atoms with Gasteiger partial charge in [-0.2, -0.15) is 0 Å². The maximum Gasteiger partial charge on any atom is 0.223 e. The van der Waals surface area contributed by atoms with Crippen LogP contribution in [0.5, 0.6) is 0 Å². The molecule has 0 bridgehead atoms. The molecule has 0 aromatic carbocycles. The molecule has 106 valence electrons. The van der Waals surface area contributed by atoms with Crippen LogP contribution in [0.1, 0.15) is 44.6 Å². The Morgan fingerprint density at radius 1 is 1.53 bits per heavy atom. The Hall–Kier alpha value is -1.29. The van der Waals surface area contributed by atoms with Gasteiger partial charge in [0.05, 0.1) is 5.54 Å². The smallest absolute Gasteiger partial charge is 0.223 e. The number of carbonyl (C=O) groups excluding carboxylic acids is 1. The fourth-order valence-corrected chi connectivity index (χ4v) is 2.91. The third-order valence-corrected chi connectivity index (χ3v) is 4.26. The number of rotatable bonds is 5. The van der Waals surface area contributed by atoms with Gasteiger partial charge >= 0.3 is 0 Å². The van der Waals surface area contributed by atoms with Crippen molar-refractivity contribution in [2.75, 3.05) is 13.1 Å². The molecule has 0 spiro atoms. The minimum absolute atomic E-state index is 0.122. The number of aromatic amines is 1. The largest absolute Gasteiger partial charge is 0.367 e. The lowest BCUT2D eigenvalue weighted by molar-refractivity contribution is -0.138. The molecular formula is C15H25N3O. The lowest BCUT2D eigenvalue weighted by Gasteiger charge is -2.44. The second kappa shape index (κ2) is 6.24. The molecule has 1 aromatic heterocycles. The number of aromatic nitrogens is 1. The van der Waals surface area contributed by atoms with Crippen molar-refractivity contribution in [1.82, 2.24) is 9.88 Å². The van der Waals surface area contributed by atoms with Crippen LogP contribution in [0.3, 0.4) is 0 Å². The van der Waals surface area contributed by atoms with Gasteiger partial charge in [0.15, 0.2) is 0 Å². The molecule has 0 radical (unpaired) electrons. The van der Waals surface area contributed by atoms with Gasteiger partial charge < -0.3 is 15.6 Å².